The van der Waals surface area contributed by atoms with Crippen LogP contribution in [0.3, 0.4) is 0 Å². The summed E-state index contributed by atoms with van der Waals surface area (Å²) in [5, 5.41) is 16.6. The smallest absolute Gasteiger partial charge is 0.225 e. The molecule has 12 heteroatoms. The van der Waals surface area contributed by atoms with Crippen LogP contribution in [0.5, 0.6) is 5.75 Å². The number of aliphatic imine (C=N–C) groups is 1. The fraction of sp³-hybridized carbons (Fsp3) is 0.467. The van der Waals surface area contributed by atoms with Crippen molar-refractivity contribution >= 4 is 39.4 Å². The molecule has 1 saturated carbocycles. The molecule has 4 aliphatic rings. The molecular formula is C45H54FN9O2. The number of hydrogen-bond acceptors (Lipinski definition) is 9. The van der Waals surface area contributed by atoms with Gasteiger partial charge in [-0.2, -0.15) is 10.1 Å². The minimum Gasteiger partial charge on any atom is -0.486 e. The number of ether oxygens (including phenoxy) is 2. The third-order valence-electron chi connectivity index (χ3n) is 12.5. The molecule has 3 aliphatic heterocycles. The minimum absolute atomic E-state index is 0.204. The Balaban J connectivity index is 1.17. The maximum Gasteiger partial charge on any atom is 0.225 e. The fourth-order valence-electron chi connectivity index (χ4n) is 8.69. The number of nitrogens with one attached hydrogen (secondary N) is 3. The zero-order valence-electron chi connectivity index (χ0n) is 34.0. The van der Waals surface area contributed by atoms with E-state index in [0.29, 0.717) is 60.6 Å². The van der Waals surface area contributed by atoms with Crippen LogP contribution in [0.25, 0.3) is 32.9 Å². The summed E-state index contributed by atoms with van der Waals surface area (Å²) in [6, 6.07) is 13.4. The molecule has 3 aromatic carbocycles. The number of amidine groups is 1. The number of halogens is 1. The summed E-state index contributed by atoms with van der Waals surface area (Å²) < 4.78 is 28.7. The topological polar surface area (TPSA) is 116 Å². The van der Waals surface area contributed by atoms with Crippen LogP contribution in [0, 0.1) is 12.7 Å². The van der Waals surface area contributed by atoms with Crippen LogP contribution < -0.4 is 20.3 Å². The molecule has 2 atom stereocenters. The summed E-state index contributed by atoms with van der Waals surface area (Å²) in [7, 11) is 2.07. The maximum absolute atomic E-state index is 15.9. The number of fused-ring (bicyclic) bond motifs is 4. The van der Waals surface area contributed by atoms with Gasteiger partial charge in [0.05, 0.1) is 11.7 Å². The first-order valence-electron chi connectivity index (χ1n) is 20.6. The molecule has 3 saturated heterocycles. The Kier molecular flexibility index (Phi) is 10.1. The highest BCUT2D eigenvalue weighted by molar-refractivity contribution is 6.06. The molecule has 9 rings (SSSR count). The quantitative estimate of drug-likeness (QED) is 0.0900. The van der Waals surface area contributed by atoms with Gasteiger partial charge in [0.15, 0.2) is 5.75 Å². The molecule has 0 radical (unpaired) electrons. The molecule has 4 fully saturated rings. The van der Waals surface area contributed by atoms with Crippen molar-refractivity contribution in [2.75, 3.05) is 43.6 Å². The second-order valence-corrected chi connectivity index (χ2v) is 16.8. The number of rotatable bonds is 11. The zero-order chi connectivity index (χ0) is 39.4. The van der Waals surface area contributed by atoms with E-state index >= 15 is 4.39 Å². The van der Waals surface area contributed by atoms with Crippen molar-refractivity contribution in [3.63, 3.8) is 0 Å². The maximum atomic E-state index is 15.9. The van der Waals surface area contributed by atoms with Gasteiger partial charge in [-0.15, -0.1) is 0 Å². The number of allylic oxidation sites excluding steroid dienone is 2. The highest BCUT2D eigenvalue weighted by atomic mass is 19.1. The number of aromatic nitrogens is 4. The van der Waals surface area contributed by atoms with Gasteiger partial charge >= 0.3 is 0 Å². The predicted molar refractivity (Wildman–Crippen MR) is 226 cm³/mol. The van der Waals surface area contributed by atoms with E-state index in [-0.39, 0.29) is 11.9 Å². The van der Waals surface area contributed by atoms with Crippen molar-refractivity contribution in [3.05, 3.63) is 81.9 Å². The van der Waals surface area contributed by atoms with Crippen LogP contribution in [-0.4, -0.2) is 82.4 Å². The number of nitrogens with zero attached hydrogens (tertiary/aromatic N) is 6. The average molecular weight is 772 g/mol. The van der Waals surface area contributed by atoms with E-state index in [2.05, 4.69) is 88.8 Å². The van der Waals surface area contributed by atoms with Crippen molar-refractivity contribution in [2.45, 2.75) is 104 Å². The highest BCUT2D eigenvalue weighted by Crippen LogP contribution is 2.53. The van der Waals surface area contributed by atoms with Crippen LogP contribution in [-0.2, 0) is 17.9 Å². The molecule has 0 amide bonds. The Morgan fingerprint density at radius 2 is 1.79 bits per heavy atom. The second-order valence-electron chi connectivity index (χ2n) is 16.8. The normalized spacial score (nSPS) is 19.8. The minimum atomic E-state index is -0.280. The summed E-state index contributed by atoms with van der Waals surface area (Å²) in [5.74, 6) is 3.21. The van der Waals surface area contributed by atoms with Crippen molar-refractivity contribution < 1.29 is 13.9 Å². The number of hydrogen-bond donors (Lipinski definition) is 3. The van der Waals surface area contributed by atoms with Crippen LogP contribution in [0.4, 0.5) is 16.2 Å². The lowest BCUT2D eigenvalue weighted by Crippen LogP contribution is -2.44. The molecule has 1 aliphatic carbocycles. The molecule has 5 aromatic rings. The first-order valence-corrected chi connectivity index (χ1v) is 20.6. The van der Waals surface area contributed by atoms with Crippen molar-refractivity contribution in [1.29, 1.82) is 0 Å². The summed E-state index contributed by atoms with van der Waals surface area (Å²) in [6.45, 7) is 14.4. The molecule has 11 nitrogen and oxygen atoms in total. The van der Waals surface area contributed by atoms with Gasteiger partial charge < -0.3 is 29.9 Å². The van der Waals surface area contributed by atoms with E-state index < -0.39 is 0 Å². The number of piperazine rings is 1. The van der Waals surface area contributed by atoms with Crippen LogP contribution in [0.1, 0.15) is 88.0 Å². The van der Waals surface area contributed by atoms with Gasteiger partial charge in [-0.1, -0.05) is 29.8 Å². The van der Waals surface area contributed by atoms with E-state index in [1.165, 1.54) is 11.1 Å². The lowest BCUT2D eigenvalue weighted by molar-refractivity contribution is 0.0903. The first kappa shape index (κ1) is 37.5. The predicted octanol–water partition coefficient (Wildman–Crippen LogP) is 8.38. The van der Waals surface area contributed by atoms with Crippen LogP contribution in [0.15, 0.2) is 58.9 Å². The van der Waals surface area contributed by atoms with E-state index in [9.17, 15) is 0 Å². The second kappa shape index (κ2) is 15.4. The monoisotopic (exact) mass is 771 g/mol. The molecule has 0 spiro atoms. The third kappa shape index (κ3) is 7.45. The van der Waals surface area contributed by atoms with Crippen molar-refractivity contribution in [3.8, 4) is 16.9 Å². The lowest BCUT2D eigenvalue weighted by atomic mass is 9.88. The average Bonchev–Trinajstić information content (AvgIpc) is 3.56. The van der Waals surface area contributed by atoms with Gasteiger partial charge in [0.1, 0.15) is 29.6 Å². The van der Waals surface area contributed by atoms with Crippen LogP contribution >= 0.6 is 0 Å². The standard InChI is InChI=1S/C45H54FN9O2/c1-25(2)27(4)49-28(5)54(6)22-29-7-9-30(10-8-29)24-57-43-41(40-26(3)38(46)19-39-37(40)21-48-53-39)35(31-11-12-31)18-36-42(43)51-45(50-32-13-15-56-16-14-32)52-44(36)55-23-33-17-34(55)20-47-33/h7-10,18-19,21,31-34,47H,11-17,20,22-24H2,1-6H3,(H,48,53)(H,50,51,52)/t33-,34-/m0/s1. The van der Waals surface area contributed by atoms with Crippen molar-refractivity contribution in [2.24, 2.45) is 4.99 Å². The largest absolute Gasteiger partial charge is 0.486 e. The number of aromatic amines is 1. The van der Waals surface area contributed by atoms with E-state index in [4.69, 9.17) is 24.4 Å². The van der Waals surface area contributed by atoms with Gasteiger partial charge in [-0.3, -0.25) is 5.10 Å². The molecular weight excluding hydrogens is 718 g/mol. The number of benzene rings is 3. The Hall–Kier alpha value is -5.07. The summed E-state index contributed by atoms with van der Waals surface area (Å²) in [6.07, 6.45) is 6.80. The number of H-pyrrole nitrogens is 1. The Morgan fingerprint density at radius 1 is 1.02 bits per heavy atom. The van der Waals surface area contributed by atoms with Crippen molar-refractivity contribution in [1.82, 2.24) is 30.4 Å². The SMILES string of the molecule is CC(=NC(C)=C(C)C)N(C)Cc1ccc(COc2c(-c3c(C)c(F)cc4[nH]ncc34)c(C3CC3)cc3c(N4C[C@@H]5C[C@H]4CN5)nc(NC4CCOCC4)nc23)cc1. The molecule has 2 aromatic heterocycles. The molecule has 57 heavy (non-hydrogen) atoms. The highest BCUT2D eigenvalue weighted by Gasteiger charge is 2.40. The number of anilines is 2. The van der Waals surface area contributed by atoms with E-state index in [0.717, 1.165) is 108 Å². The fourth-order valence-corrected chi connectivity index (χ4v) is 8.69. The Bertz CT molecular complexity index is 2370. The summed E-state index contributed by atoms with van der Waals surface area (Å²) in [5.41, 5.74) is 9.30. The zero-order valence-corrected chi connectivity index (χ0v) is 34.0. The van der Waals surface area contributed by atoms with Gasteiger partial charge in [0, 0.05) is 85.6 Å². The van der Waals surface area contributed by atoms with Gasteiger partial charge in [0.25, 0.3) is 0 Å². The van der Waals surface area contributed by atoms with Crippen LogP contribution in [0.2, 0.25) is 0 Å². The molecule has 2 bridgehead atoms. The Labute approximate surface area is 334 Å². The lowest BCUT2D eigenvalue weighted by Gasteiger charge is -2.31. The van der Waals surface area contributed by atoms with Gasteiger partial charge in [-0.25, -0.2) is 14.4 Å². The van der Waals surface area contributed by atoms with E-state index in [1.54, 1.807) is 6.07 Å². The third-order valence-corrected chi connectivity index (χ3v) is 12.5. The molecule has 3 N–H and O–H groups in total. The Morgan fingerprint density at radius 3 is 2.49 bits per heavy atom. The summed E-state index contributed by atoms with van der Waals surface area (Å²) in [4.78, 5) is 20.1. The van der Waals surface area contributed by atoms with Gasteiger partial charge in [0.2, 0.25) is 5.95 Å². The molecule has 0 unspecified atom stereocenters. The molecule has 298 valence electrons. The van der Waals surface area contributed by atoms with Gasteiger partial charge in [-0.05, 0) is 107 Å². The summed E-state index contributed by atoms with van der Waals surface area (Å²) >= 11 is 0. The first-order chi connectivity index (χ1) is 27.6. The molecule has 5 heterocycles. The van der Waals surface area contributed by atoms with E-state index in [1.807, 2.05) is 20.0 Å².